The lowest BCUT2D eigenvalue weighted by molar-refractivity contribution is -0.131. The SMILES string of the molecule is NCC1(C(=O)NCc2cncs2)CCCCCC1. The van der Waals surface area contributed by atoms with E-state index in [4.69, 9.17) is 5.73 Å². The van der Waals surface area contributed by atoms with Crippen molar-refractivity contribution in [3.63, 3.8) is 0 Å². The summed E-state index contributed by atoms with van der Waals surface area (Å²) in [6.45, 7) is 1.03. The smallest absolute Gasteiger partial charge is 0.227 e. The van der Waals surface area contributed by atoms with E-state index < -0.39 is 0 Å². The first-order valence-corrected chi connectivity index (χ1v) is 7.50. The molecule has 0 bridgehead atoms. The Kier molecular flexibility index (Phi) is 4.72. The van der Waals surface area contributed by atoms with Gasteiger partial charge in [0.15, 0.2) is 0 Å². The average Bonchev–Trinajstić information content (AvgIpc) is 2.79. The minimum Gasteiger partial charge on any atom is -0.351 e. The number of rotatable bonds is 4. The van der Waals surface area contributed by atoms with Crippen LogP contribution < -0.4 is 11.1 Å². The molecule has 0 aliphatic heterocycles. The molecule has 0 unspecified atom stereocenters. The lowest BCUT2D eigenvalue weighted by atomic mass is 9.79. The van der Waals surface area contributed by atoms with Crippen LogP contribution in [0.15, 0.2) is 11.7 Å². The molecule has 0 spiro atoms. The van der Waals surface area contributed by atoms with E-state index in [1.165, 1.54) is 12.8 Å². The van der Waals surface area contributed by atoms with E-state index in [-0.39, 0.29) is 11.3 Å². The number of carbonyl (C=O) groups excluding carboxylic acids is 1. The van der Waals surface area contributed by atoms with Gasteiger partial charge in [0, 0.05) is 17.6 Å². The van der Waals surface area contributed by atoms with Crippen molar-refractivity contribution in [2.75, 3.05) is 6.54 Å². The predicted molar refractivity (Wildman–Crippen MR) is 73.2 cm³/mol. The Labute approximate surface area is 112 Å². The molecule has 3 N–H and O–H groups in total. The zero-order chi connectivity index (χ0) is 12.8. The molecule has 1 aromatic rings. The molecule has 1 heterocycles. The van der Waals surface area contributed by atoms with Gasteiger partial charge in [-0.25, -0.2) is 0 Å². The quantitative estimate of drug-likeness (QED) is 0.820. The van der Waals surface area contributed by atoms with Crippen molar-refractivity contribution in [3.8, 4) is 0 Å². The zero-order valence-electron chi connectivity index (χ0n) is 10.7. The van der Waals surface area contributed by atoms with Crippen LogP contribution >= 0.6 is 11.3 Å². The second kappa shape index (κ2) is 6.29. The van der Waals surface area contributed by atoms with Gasteiger partial charge in [-0.15, -0.1) is 11.3 Å². The summed E-state index contributed by atoms with van der Waals surface area (Å²) in [5.74, 6) is 0.125. The largest absolute Gasteiger partial charge is 0.351 e. The first-order chi connectivity index (χ1) is 8.77. The maximum Gasteiger partial charge on any atom is 0.227 e. The molecule has 1 fully saturated rings. The molecular weight excluding hydrogens is 246 g/mol. The Hall–Kier alpha value is -0.940. The highest BCUT2D eigenvalue weighted by Crippen LogP contribution is 2.34. The van der Waals surface area contributed by atoms with Gasteiger partial charge >= 0.3 is 0 Å². The van der Waals surface area contributed by atoms with Crippen LogP contribution in [0.2, 0.25) is 0 Å². The van der Waals surface area contributed by atoms with Gasteiger partial charge in [-0.2, -0.15) is 0 Å². The first kappa shape index (κ1) is 13.5. The number of thiazole rings is 1. The van der Waals surface area contributed by atoms with Gasteiger partial charge < -0.3 is 11.1 Å². The second-order valence-corrected chi connectivity index (χ2v) is 6.02. The van der Waals surface area contributed by atoms with Crippen LogP contribution in [0.1, 0.15) is 43.4 Å². The van der Waals surface area contributed by atoms with Crippen molar-refractivity contribution < 1.29 is 4.79 Å². The summed E-state index contributed by atoms with van der Waals surface area (Å²) in [6, 6.07) is 0. The Bertz CT molecular complexity index is 370. The second-order valence-electron chi connectivity index (χ2n) is 5.05. The van der Waals surface area contributed by atoms with E-state index in [1.807, 2.05) is 0 Å². The third-order valence-corrected chi connectivity index (χ3v) is 4.62. The van der Waals surface area contributed by atoms with Crippen LogP contribution in [0.3, 0.4) is 0 Å². The van der Waals surface area contributed by atoms with Crippen molar-refractivity contribution in [1.29, 1.82) is 0 Å². The third-order valence-electron chi connectivity index (χ3n) is 3.84. The van der Waals surface area contributed by atoms with Gasteiger partial charge in [-0.3, -0.25) is 9.78 Å². The van der Waals surface area contributed by atoms with E-state index in [0.717, 1.165) is 30.6 Å². The van der Waals surface area contributed by atoms with Crippen molar-refractivity contribution in [2.45, 2.75) is 45.1 Å². The molecule has 1 aliphatic rings. The van der Waals surface area contributed by atoms with Crippen LogP contribution in [-0.4, -0.2) is 17.4 Å². The summed E-state index contributed by atoms with van der Waals surface area (Å²) in [6.07, 6.45) is 8.34. The van der Waals surface area contributed by atoms with E-state index in [1.54, 1.807) is 23.0 Å². The van der Waals surface area contributed by atoms with Crippen molar-refractivity contribution in [2.24, 2.45) is 11.1 Å². The van der Waals surface area contributed by atoms with E-state index >= 15 is 0 Å². The average molecular weight is 267 g/mol. The molecule has 1 aliphatic carbocycles. The minimum atomic E-state index is -0.332. The molecule has 18 heavy (non-hydrogen) atoms. The molecule has 1 saturated carbocycles. The lowest BCUT2D eigenvalue weighted by Gasteiger charge is -2.29. The summed E-state index contributed by atoms with van der Waals surface area (Å²) in [5, 5.41) is 3.03. The van der Waals surface area contributed by atoms with Crippen molar-refractivity contribution in [1.82, 2.24) is 10.3 Å². The fraction of sp³-hybridized carbons (Fsp3) is 0.692. The van der Waals surface area contributed by atoms with Crippen LogP contribution in [0.25, 0.3) is 0 Å². The number of hydrogen-bond donors (Lipinski definition) is 2. The number of carbonyl (C=O) groups is 1. The van der Waals surface area contributed by atoms with Crippen LogP contribution in [0, 0.1) is 5.41 Å². The lowest BCUT2D eigenvalue weighted by Crippen LogP contribution is -2.45. The maximum absolute atomic E-state index is 12.4. The molecule has 2 rings (SSSR count). The normalized spacial score (nSPS) is 19.2. The number of aromatic nitrogens is 1. The number of nitrogens with two attached hydrogens (primary N) is 1. The molecule has 0 aromatic carbocycles. The van der Waals surface area contributed by atoms with Crippen LogP contribution in [0.4, 0.5) is 0 Å². The monoisotopic (exact) mass is 267 g/mol. The maximum atomic E-state index is 12.4. The van der Waals surface area contributed by atoms with Crippen LogP contribution in [0.5, 0.6) is 0 Å². The molecular formula is C13H21N3OS. The van der Waals surface area contributed by atoms with Gasteiger partial charge in [0.2, 0.25) is 5.91 Å². The Morgan fingerprint density at radius 3 is 2.67 bits per heavy atom. The molecule has 100 valence electrons. The van der Waals surface area contributed by atoms with Gasteiger partial charge in [-0.05, 0) is 12.8 Å². The number of nitrogens with one attached hydrogen (secondary N) is 1. The fourth-order valence-corrected chi connectivity index (χ4v) is 3.15. The van der Waals surface area contributed by atoms with Crippen molar-refractivity contribution in [3.05, 3.63) is 16.6 Å². The van der Waals surface area contributed by atoms with E-state index in [0.29, 0.717) is 13.1 Å². The summed E-state index contributed by atoms with van der Waals surface area (Å²) < 4.78 is 0. The Morgan fingerprint density at radius 2 is 2.11 bits per heavy atom. The number of amides is 1. The highest BCUT2D eigenvalue weighted by atomic mass is 32.1. The zero-order valence-corrected chi connectivity index (χ0v) is 11.5. The van der Waals surface area contributed by atoms with Gasteiger partial charge in [0.25, 0.3) is 0 Å². The highest BCUT2D eigenvalue weighted by molar-refractivity contribution is 7.09. The molecule has 1 aromatic heterocycles. The highest BCUT2D eigenvalue weighted by Gasteiger charge is 2.36. The topological polar surface area (TPSA) is 68.0 Å². The summed E-state index contributed by atoms with van der Waals surface area (Å²) >= 11 is 1.57. The third kappa shape index (κ3) is 3.09. The first-order valence-electron chi connectivity index (χ1n) is 6.63. The molecule has 5 heteroatoms. The summed E-state index contributed by atoms with van der Waals surface area (Å²) in [5.41, 5.74) is 7.34. The molecule has 0 saturated heterocycles. The molecule has 4 nitrogen and oxygen atoms in total. The van der Waals surface area contributed by atoms with E-state index in [2.05, 4.69) is 10.3 Å². The van der Waals surface area contributed by atoms with Crippen molar-refractivity contribution >= 4 is 17.2 Å². The van der Waals surface area contributed by atoms with Gasteiger partial charge in [0.05, 0.1) is 17.5 Å². The summed E-state index contributed by atoms with van der Waals surface area (Å²) in [4.78, 5) is 17.5. The Morgan fingerprint density at radius 1 is 1.39 bits per heavy atom. The molecule has 0 atom stereocenters. The van der Waals surface area contributed by atoms with Gasteiger partial charge in [-0.1, -0.05) is 25.7 Å². The summed E-state index contributed by atoms with van der Waals surface area (Å²) in [7, 11) is 0. The molecule has 0 radical (unpaired) electrons. The van der Waals surface area contributed by atoms with E-state index in [9.17, 15) is 4.79 Å². The minimum absolute atomic E-state index is 0.125. The van der Waals surface area contributed by atoms with Crippen LogP contribution in [-0.2, 0) is 11.3 Å². The number of nitrogens with zero attached hydrogens (tertiary/aromatic N) is 1. The standard InChI is InChI=1S/C13H21N3OS/c14-9-13(5-3-1-2-4-6-13)12(17)16-8-11-7-15-10-18-11/h7,10H,1-6,8-9,14H2,(H,16,17). The van der Waals surface area contributed by atoms with Gasteiger partial charge in [0.1, 0.15) is 0 Å². The fourth-order valence-electron chi connectivity index (χ4n) is 2.61. The Balaban J connectivity index is 1.95. The number of hydrogen-bond acceptors (Lipinski definition) is 4. The predicted octanol–water partition coefficient (Wildman–Crippen LogP) is 2.06. The molecule has 1 amide bonds.